The number of nitrogens with zero attached hydrogens (tertiary/aromatic N) is 2. The number of carbonyl (C=O) groups is 1. The summed E-state index contributed by atoms with van der Waals surface area (Å²) in [7, 11) is 0. The van der Waals surface area contributed by atoms with Crippen molar-refractivity contribution in [2.45, 2.75) is 5.92 Å². The summed E-state index contributed by atoms with van der Waals surface area (Å²) >= 11 is 0. The van der Waals surface area contributed by atoms with Crippen LogP contribution in [0.25, 0.3) is 0 Å². The van der Waals surface area contributed by atoms with Gasteiger partial charge in [0.2, 0.25) is 0 Å². The lowest BCUT2D eigenvalue weighted by molar-refractivity contribution is -0.385. The number of carbonyl (C=O) groups excluding carboxylic acids is 1. The second-order valence-corrected chi connectivity index (χ2v) is 6.33. The van der Waals surface area contributed by atoms with E-state index >= 15 is 0 Å². The van der Waals surface area contributed by atoms with Crippen LogP contribution in [0.5, 0.6) is 5.75 Å². The number of likely N-dealkylation sites (tertiary alicyclic amines) is 1. The molecule has 0 radical (unpaired) electrons. The van der Waals surface area contributed by atoms with Gasteiger partial charge in [-0.15, -0.1) is 0 Å². The molecule has 2 N–H and O–H groups in total. The maximum Gasteiger partial charge on any atom is 0.310 e. The fourth-order valence-electron chi connectivity index (χ4n) is 3.35. The maximum absolute atomic E-state index is 12.5. The summed E-state index contributed by atoms with van der Waals surface area (Å²) in [5.41, 5.74) is 6.91. The monoisotopic (exact) mass is 355 g/mol. The van der Waals surface area contributed by atoms with Crippen LogP contribution in [0.15, 0.2) is 54.6 Å². The van der Waals surface area contributed by atoms with Crippen LogP contribution in [0.1, 0.15) is 11.5 Å². The molecular weight excluding hydrogens is 334 g/mol. The quantitative estimate of drug-likeness (QED) is 0.632. The minimum Gasteiger partial charge on any atom is -0.477 e. The average Bonchev–Trinajstić information content (AvgIpc) is 3.11. The standard InChI is InChI=1S/C19H21N3O4/c20-10-15-11-21(12-16(15)14-6-2-1-3-7-14)19(23)13-26-18-9-5-4-8-17(18)22(24)25/h1-9,15-16H,10-13,20H2/t15-,16+/m1/s1. The zero-order chi connectivity index (χ0) is 18.5. The van der Waals surface area contributed by atoms with E-state index in [9.17, 15) is 14.9 Å². The molecule has 0 unspecified atom stereocenters. The van der Waals surface area contributed by atoms with Crippen molar-refractivity contribution in [2.24, 2.45) is 11.7 Å². The lowest BCUT2D eigenvalue weighted by atomic mass is 9.89. The van der Waals surface area contributed by atoms with Crippen molar-refractivity contribution in [3.8, 4) is 5.75 Å². The first-order valence-corrected chi connectivity index (χ1v) is 8.49. The second-order valence-electron chi connectivity index (χ2n) is 6.33. The van der Waals surface area contributed by atoms with Crippen molar-refractivity contribution in [1.29, 1.82) is 0 Å². The molecule has 1 saturated heterocycles. The number of para-hydroxylation sites is 2. The van der Waals surface area contributed by atoms with Crippen molar-refractivity contribution in [3.63, 3.8) is 0 Å². The molecule has 7 nitrogen and oxygen atoms in total. The van der Waals surface area contributed by atoms with Gasteiger partial charge in [0, 0.05) is 25.1 Å². The Labute approximate surface area is 151 Å². The smallest absolute Gasteiger partial charge is 0.310 e. The van der Waals surface area contributed by atoms with Gasteiger partial charge in [-0.2, -0.15) is 0 Å². The van der Waals surface area contributed by atoms with E-state index in [1.807, 2.05) is 30.3 Å². The van der Waals surface area contributed by atoms with Crippen LogP contribution in [0, 0.1) is 16.0 Å². The van der Waals surface area contributed by atoms with Gasteiger partial charge in [0.15, 0.2) is 12.4 Å². The number of hydrogen-bond acceptors (Lipinski definition) is 5. The van der Waals surface area contributed by atoms with E-state index in [0.717, 1.165) is 5.56 Å². The van der Waals surface area contributed by atoms with Crippen molar-refractivity contribution in [2.75, 3.05) is 26.2 Å². The van der Waals surface area contributed by atoms with Gasteiger partial charge in [-0.1, -0.05) is 42.5 Å². The first-order valence-electron chi connectivity index (χ1n) is 8.49. The fourth-order valence-corrected chi connectivity index (χ4v) is 3.35. The number of ether oxygens (including phenoxy) is 1. The van der Waals surface area contributed by atoms with Crippen LogP contribution in [0.4, 0.5) is 5.69 Å². The highest BCUT2D eigenvalue weighted by molar-refractivity contribution is 5.78. The van der Waals surface area contributed by atoms with Gasteiger partial charge in [0.1, 0.15) is 0 Å². The Hall–Kier alpha value is -2.93. The molecule has 136 valence electrons. The third-order valence-corrected chi connectivity index (χ3v) is 4.74. The van der Waals surface area contributed by atoms with Crippen LogP contribution in [0.3, 0.4) is 0 Å². The normalized spacial score (nSPS) is 19.3. The minimum atomic E-state index is -0.522. The Morgan fingerprint density at radius 2 is 1.85 bits per heavy atom. The van der Waals surface area contributed by atoms with Crippen LogP contribution in [-0.2, 0) is 4.79 Å². The topological polar surface area (TPSA) is 98.7 Å². The van der Waals surface area contributed by atoms with E-state index in [1.54, 1.807) is 17.0 Å². The molecule has 1 aliphatic rings. The largest absolute Gasteiger partial charge is 0.477 e. The van der Waals surface area contributed by atoms with E-state index in [-0.39, 0.29) is 35.8 Å². The van der Waals surface area contributed by atoms with Crippen LogP contribution >= 0.6 is 0 Å². The van der Waals surface area contributed by atoms with Gasteiger partial charge in [-0.3, -0.25) is 14.9 Å². The SMILES string of the molecule is NC[C@@H]1CN(C(=O)COc2ccccc2[N+](=O)[O-])C[C@H]1c1ccccc1. The van der Waals surface area contributed by atoms with Gasteiger partial charge >= 0.3 is 5.69 Å². The second kappa shape index (κ2) is 7.97. The molecule has 0 aromatic heterocycles. The number of nitro benzene ring substituents is 1. The third-order valence-electron chi connectivity index (χ3n) is 4.74. The van der Waals surface area contributed by atoms with Gasteiger partial charge in [-0.05, 0) is 24.1 Å². The zero-order valence-corrected chi connectivity index (χ0v) is 14.3. The molecule has 1 amide bonds. The Morgan fingerprint density at radius 1 is 1.15 bits per heavy atom. The first-order chi connectivity index (χ1) is 12.6. The molecule has 7 heteroatoms. The number of nitrogens with two attached hydrogens (primary N) is 1. The molecule has 1 aliphatic heterocycles. The summed E-state index contributed by atoms with van der Waals surface area (Å²) in [4.78, 5) is 24.8. The third kappa shape index (κ3) is 3.83. The summed E-state index contributed by atoms with van der Waals surface area (Å²) in [6.07, 6.45) is 0. The van der Waals surface area contributed by atoms with Gasteiger partial charge < -0.3 is 15.4 Å². The number of nitro groups is 1. The van der Waals surface area contributed by atoms with Crippen molar-refractivity contribution in [1.82, 2.24) is 4.90 Å². The van der Waals surface area contributed by atoms with Crippen molar-refractivity contribution >= 4 is 11.6 Å². The summed E-state index contributed by atoms with van der Waals surface area (Å²) < 4.78 is 5.42. The lowest BCUT2D eigenvalue weighted by Gasteiger charge is -2.17. The maximum atomic E-state index is 12.5. The molecule has 0 aliphatic carbocycles. The summed E-state index contributed by atoms with van der Waals surface area (Å²) in [5, 5.41) is 11.0. The Kier molecular flexibility index (Phi) is 5.48. The van der Waals surface area contributed by atoms with Crippen LogP contribution in [-0.4, -0.2) is 42.0 Å². The lowest BCUT2D eigenvalue weighted by Crippen LogP contribution is -2.33. The zero-order valence-electron chi connectivity index (χ0n) is 14.3. The molecule has 2 atom stereocenters. The number of hydrogen-bond donors (Lipinski definition) is 1. The summed E-state index contributed by atoms with van der Waals surface area (Å²) in [5.74, 6) is 0.281. The Balaban J connectivity index is 1.65. The van der Waals surface area contributed by atoms with Crippen LogP contribution in [0.2, 0.25) is 0 Å². The highest BCUT2D eigenvalue weighted by Crippen LogP contribution is 2.32. The van der Waals surface area contributed by atoms with E-state index in [4.69, 9.17) is 10.5 Å². The highest BCUT2D eigenvalue weighted by Gasteiger charge is 2.35. The van der Waals surface area contributed by atoms with Gasteiger partial charge in [-0.25, -0.2) is 0 Å². The highest BCUT2D eigenvalue weighted by atomic mass is 16.6. The van der Waals surface area contributed by atoms with E-state index in [1.165, 1.54) is 12.1 Å². The average molecular weight is 355 g/mol. The first kappa shape index (κ1) is 17.9. The number of rotatable bonds is 6. The van der Waals surface area contributed by atoms with E-state index in [0.29, 0.717) is 19.6 Å². The van der Waals surface area contributed by atoms with E-state index in [2.05, 4.69) is 0 Å². The minimum absolute atomic E-state index is 0.0973. The molecule has 1 heterocycles. The molecule has 3 rings (SSSR count). The molecule has 0 bridgehead atoms. The molecule has 1 fully saturated rings. The molecule has 0 spiro atoms. The Bertz CT molecular complexity index is 781. The molecule has 0 saturated carbocycles. The summed E-state index contributed by atoms with van der Waals surface area (Å²) in [6.45, 7) is 1.40. The predicted molar refractivity (Wildman–Crippen MR) is 96.9 cm³/mol. The van der Waals surface area contributed by atoms with Gasteiger partial charge in [0.25, 0.3) is 5.91 Å². The molecule has 2 aromatic carbocycles. The molecular formula is C19H21N3O4. The Morgan fingerprint density at radius 3 is 2.54 bits per heavy atom. The van der Waals surface area contributed by atoms with Crippen molar-refractivity contribution in [3.05, 3.63) is 70.3 Å². The fraction of sp³-hybridized carbons (Fsp3) is 0.316. The van der Waals surface area contributed by atoms with Gasteiger partial charge in [0.05, 0.1) is 4.92 Å². The number of amides is 1. The van der Waals surface area contributed by atoms with Crippen LogP contribution < -0.4 is 10.5 Å². The molecule has 26 heavy (non-hydrogen) atoms. The van der Waals surface area contributed by atoms with E-state index < -0.39 is 4.92 Å². The number of benzene rings is 2. The predicted octanol–water partition coefficient (Wildman–Crippen LogP) is 2.17. The summed E-state index contributed by atoms with van der Waals surface area (Å²) in [6, 6.07) is 16.0. The molecule has 2 aromatic rings. The van der Waals surface area contributed by atoms with Crippen molar-refractivity contribution < 1.29 is 14.5 Å².